The third-order valence-electron chi connectivity index (χ3n) is 8.84. The smallest absolute Gasteiger partial charge is 0.343 e. The summed E-state index contributed by atoms with van der Waals surface area (Å²) >= 11 is 0. The number of hydrogen-bond donors (Lipinski definition) is 0. The number of anilines is 1. The molecule has 1 saturated heterocycles. The van der Waals surface area contributed by atoms with E-state index in [0.29, 0.717) is 34.5 Å². The second-order valence-corrected chi connectivity index (χ2v) is 11.1. The van der Waals surface area contributed by atoms with E-state index in [2.05, 4.69) is 22.3 Å². The van der Waals surface area contributed by atoms with Crippen molar-refractivity contribution in [2.75, 3.05) is 4.90 Å². The molecule has 39 heavy (non-hydrogen) atoms. The molecule has 5 aliphatic rings. The number of carbonyl (C=O) groups is 3. The van der Waals surface area contributed by atoms with E-state index in [4.69, 9.17) is 4.74 Å². The van der Waals surface area contributed by atoms with E-state index in [9.17, 15) is 14.4 Å². The van der Waals surface area contributed by atoms with Crippen molar-refractivity contribution in [2.24, 2.45) is 35.5 Å². The summed E-state index contributed by atoms with van der Waals surface area (Å²) in [6.45, 7) is 1.94. The van der Waals surface area contributed by atoms with Crippen LogP contribution < -0.4 is 9.64 Å². The molecule has 4 aromatic rings. The van der Waals surface area contributed by atoms with E-state index >= 15 is 0 Å². The number of rotatable bonds is 4. The van der Waals surface area contributed by atoms with Crippen molar-refractivity contribution in [3.05, 3.63) is 90.0 Å². The lowest BCUT2D eigenvalue weighted by molar-refractivity contribution is -0.124. The minimum absolute atomic E-state index is 0.117. The van der Waals surface area contributed by atoms with Gasteiger partial charge in [-0.1, -0.05) is 30.4 Å². The van der Waals surface area contributed by atoms with E-state index < -0.39 is 5.97 Å². The molecule has 1 aliphatic heterocycles. The fraction of sp³-hybridized carbons (Fsp3) is 0.258. The number of ether oxygens (including phenoxy) is 1. The van der Waals surface area contributed by atoms with Crippen molar-refractivity contribution in [2.45, 2.75) is 13.3 Å². The number of amides is 2. The highest BCUT2D eigenvalue weighted by Gasteiger charge is 2.67. The predicted molar refractivity (Wildman–Crippen MR) is 142 cm³/mol. The number of fused-ring (bicyclic) bond motifs is 1. The maximum atomic E-state index is 13.4. The first-order chi connectivity index (χ1) is 19.0. The zero-order chi connectivity index (χ0) is 26.4. The summed E-state index contributed by atoms with van der Waals surface area (Å²) in [5.41, 5.74) is 3.79. The lowest BCUT2D eigenvalue weighted by atomic mass is 9.63. The molecular formula is C31H24N4O4. The predicted octanol–water partition coefficient (Wildman–Crippen LogP) is 4.51. The quantitative estimate of drug-likeness (QED) is 0.172. The van der Waals surface area contributed by atoms with Crippen LogP contribution in [0.3, 0.4) is 0 Å². The van der Waals surface area contributed by atoms with E-state index in [0.717, 1.165) is 23.0 Å². The van der Waals surface area contributed by atoms with Gasteiger partial charge in [0, 0.05) is 0 Å². The summed E-state index contributed by atoms with van der Waals surface area (Å²) in [6, 6.07) is 19.5. The largest absolute Gasteiger partial charge is 0.421 e. The molecule has 2 bridgehead atoms. The van der Waals surface area contributed by atoms with Gasteiger partial charge in [-0.05, 0) is 91.1 Å². The summed E-state index contributed by atoms with van der Waals surface area (Å²) in [4.78, 5) is 42.7. The molecule has 3 aromatic carbocycles. The van der Waals surface area contributed by atoms with Gasteiger partial charge in [-0.25, -0.2) is 4.79 Å². The first kappa shape index (κ1) is 22.4. The molecule has 0 spiro atoms. The Bertz CT molecular complexity index is 1670. The summed E-state index contributed by atoms with van der Waals surface area (Å²) < 4.78 is 5.78. The fourth-order valence-corrected chi connectivity index (χ4v) is 6.95. The molecule has 0 N–H and O–H groups in total. The topological polar surface area (TPSA) is 94.4 Å². The van der Waals surface area contributed by atoms with Gasteiger partial charge in [-0.15, -0.1) is 15.0 Å². The summed E-state index contributed by atoms with van der Waals surface area (Å²) in [5.74, 6) is 0.472. The highest BCUT2D eigenvalue weighted by atomic mass is 16.5. The van der Waals surface area contributed by atoms with Crippen LogP contribution in [0.2, 0.25) is 0 Å². The number of nitrogens with zero attached hydrogens (tertiary/aromatic N) is 4. The van der Waals surface area contributed by atoms with Crippen molar-refractivity contribution in [3.63, 3.8) is 0 Å². The Labute approximate surface area is 223 Å². The van der Waals surface area contributed by atoms with Gasteiger partial charge in [0.25, 0.3) is 0 Å². The Morgan fingerprint density at radius 2 is 1.46 bits per heavy atom. The van der Waals surface area contributed by atoms with E-state index in [1.54, 1.807) is 30.3 Å². The van der Waals surface area contributed by atoms with Gasteiger partial charge in [0.15, 0.2) is 5.75 Å². The van der Waals surface area contributed by atoms with Crippen LogP contribution >= 0.6 is 0 Å². The highest BCUT2D eigenvalue weighted by molar-refractivity contribution is 6.22. The van der Waals surface area contributed by atoms with Gasteiger partial charge in [0.1, 0.15) is 16.7 Å². The van der Waals surface area contributed by atoms with Crippen LogP contribution in [0, 0.1) is 42.4 Å². The number of benzene rings is 3. The molecule has 6 atom stereocenters. The highest BCUT2D eigenvalue weighted by Crippen LogP contribution is 2.65. The van der Waals surface area contributed by atoms with Gasteiger partial charge >= 0.3 is 5.97 Å². The lowest BCUT2D eigenvalue weighted by Crippen LogP contribution is -2.40. The molecule has 8 nitrogen and oxygen atoms in total. The second-order valence-electron chi connectivity index (χ2n) is 11.1. The molecule has 0 unspecified atom stereocenters. The molecule has 2 saturated carbocycles. The van der Waals surface area contributed by atoms with Crippen molar-refractivity contribution in [1.29, 1.82) is 0 Å². The summed E-state index contributed by atoms with van der Waals surface area (Å²) in [6.07, 6.45) is 5.45. The Morgan fingerprint density at radius 3 is 2.08 bits per heavy atom. The van der Waals surface area contributed by atoms with E-state index in [1.807, 2.05) is 43.3 Å². The normalized spacial score (nSPS) is 28.1. The van der Waals surface area contributed by atoms with Crippen LogP contribution in [0.4, 0.5) is 5.69 Å². The maximum absolute atomic E-state index is 13.4. The second kappa shape index (κ2) is 7.96. The Kier molecular flexibility index (Phi) is 4.57. The van der Waals surface area contributed by atoms with Gasteiger partial charge in [0.2, 0.25) is 11.8 Å². The van der Waals surface area contributed by atoms with Crippen LogP contribution in [-0.2, 0) is 9.59 Å². The van der Waals surface area contributed by atoms with Crippen LogP contribution in [0.5, 0.6) is 5.75 Å². The first-order valence-electron chi connectivity index (χ1n) is 13.3. The first-order valence-corrected chi connectivity index (χ1v) is 13.3. The van der Waals surface area contributed by atoms with E-state index in [-0.39, 0.29) is 35.5 Å². The third kappa shape index (κ3) is 3.27. The zero-order valence-electron chi connectivity index (χ0n) is 21.1. The number of aromatic nitrogens is 3. The monoisotopic (exact) mass is 516 g/mol. The Balaban J connectivity index is 1.05. The van der Waals surface area contributed by atoms with E-state index in [1.165, 1.54) is 9.70 Å². The van der Waals surface area contributed by atoms with Crippen LogP contribution in [0.15, 0.2) is 78.9 Å². The van der Waals surface area contributed by atoms with Crippen molar-refractivity contribution >= 4 is 34.5 Å². The lowest BCUT2D eigenvalue weighted by Gasteiger charge is -2.37. The molecule has 2 heterocycles. The maximum Gasteiger partial charge on any atom is 0.343 e. The summed E-state index contributed by atoms with van der Waals surface area (Å²) in [7, 11) is 0. The number of carbonyl (C=O) groups excluding carboxylic acids is 3. The van der Waals surface area contributed by atoms with Gasteiger partial charge in [0.05, 0.1) is 23.1 Å². The zero-order valence-corrected chi connectivity index (χ0v) is 21.1. The molecule has 2 amide bonds. The average Bonchev–Trinajstić information content (AvgIpc) is 3.60. The molecule has 3 fully saturated rings. The van der Waals surface area contributed by atoms with Crippen LogP contribution in [0.25, 0.3) is 16.7 Å². The molecule has 9 rings (SSSR count). The number of esters is 1. The standard InChI is InChI=1S/C31H24N4O4/c1-16-6-13-26(25(14-16)35-32-23-4-2-3-5-24(23)33-35)39-31(38)17-7-9-18(10-8-17)34-29(36)27-19-11-12-20(22-15-21(19)22)28(27)30(34)37/h2-14,19-22,27-28H,15H2,1H3/t19-,20+,21-,22-,27+,28-/m1/s1. The third-order valence-corrected chi connectivity index (χ3v) is 8.84. The fourth-order valence-electron chi connectivity index (χ4n) is 6.95. The van der Waals surface area contributed by atoms with Crippen LogP contribution in [0.1, 0.15) is 22.3 Å². The van der Waals surface area contributed by atoms with Gasteiger partial charge < -0.3 is 4.74 Å². The average molecular weight is 517 g/mol. The number of hydrogen-bond acceptors (Lipinski definition) is 6. The van der Waals surface area contributed by atoms with Crippen LogP contribution in [-0.4, -0.2) is 32.8 Å². The molecule has 1 aromatic heterocycles. The Hall–Kier alpha value is -4.59. The Morgan fingerprint density at radius 1 is 0.846 bits per heavy atom. The minimum atomic E-state index is -0.557. The number of aryl methyl sites for hydroxylation is 1. The molecule has 0 radical (unpaired) electrons. The van der Waals surface area contributed by atoms with Gasteiger partial charge in [-0.2, -0.15) is 0 Å². The van der Waals surface area contributed by atoms with Crippen molar-refractivity contribution < 1.29 is 19.1 Å². The summed E-state index contributed by atoms with van der Waals surface area (Å²) in [5, 5.41) is 9.06. The molecular weight excluding hydrogens is 492 g/mol. The van der Waals surface area contributed by atoms with Gasteiger partial charge in [-0.3, -0.25) is 14.5 Å². The SMILES string of the molecule is Cc1ccc(OC(=O)c2ccc(N3C(=O)[C@@H]4[C@H]5C=C[C@H]([C@H]6C[C@H]56)[C@@H]4C3=O)cc2)c(-n2nc3ccccc3n2)c1. The molecule has 8 heteroatoms. The minimum Gasteiger partial charge on any atom is -0.421 e. The van der Waals surface area contributed by atoms with Crippen molar-refractivity contribution in [1.82, 2.24) is 15.0 Å². The van der Waals surface area contributed by atoms with Crippen molar-refractivity contribution in [3.8, 4) is 11.4 Å². The molecule has 4 aliphatic carbocycles. The number of allylic oxidation sites excluding steroid dienone is 2. The number of imide groups is 1. The molecule has 192 valence electrons.